The second-order valence-electron chi connectivity index (χ2n) is 3.69. The molecule has 1 aromatic rings. The first kappa shape index (κ1) is 12.0. The molecule has 0 saturated carbocycles. The highest BCUT2D eigenvalue weighted by Crippen LogP contribution is 2.27. The number of hydrogen-bond donors (Lipinski definition) is 1. The van der Waals surface area contributed by atoms with Crippen LogP contribution in [-0.4, -0.2) is 11.2 Å². The largest absolute Gasteiger partial charge is 0.490 e. The van der Waals surface area contributed by atoms with Crippen LogP contribution in [0.15, 0.2) is 18.2 Å². The summed E-state index contributed by atoms with van der Waals surface area (Å²) in [5.41, 5.74) is 0.622. The van der Waals surface area contributed by atoms with Crippen molar-refractivity contribution in [2.24, 2.45) is 0 Å². The first-order valence-electron chi connectivity index (χ1n) is 5.18. The molecule has 0 spiro atoms. The normalized spacial score (nSPS) is 14.7. The summed E-state index contributed by atoms with van der Waals surface area (Å²) in [6.45, 7) is 5.54. The van der Waals surface area contributed by atoms with Crippen molar-refractivity contribution in [1.82, 2.24) is 0 Å². The lowest BCUT2D eigenvalue weighted by Gasteiger charge is -2.17. The van der Waals surface area contributed by atoms with Crippen molar-refractivity contribution >= 4 is 0 Å². The number of rotatable bonds is 4. The lowest BCUT2D eigenvalue weighted by molar-refractivity contribution is 0.176. The molecule has 0 radical (unpaired) electrons. The molecule has 3 heteroatoms. The Morgan fingerprint density at radius 1 is 1.40 bits per heavy atom. The van der Waals surface area contributed by atoms with Crippen LogP contribution >= 0.6 is 0 Å². The van der Waals surface area contributed by atoms with Crippen LogP contribution in [0, 0.1) is 5.82 Å². The Bertz CT molecular complexity index is 323. The SMILES string of the molecule is CCC(C)Oc1cc(F)ccc1[C@@H](C)O. The summed E-state index contributed by atoms with van der Waals surface area (Å²) in [6.07, 6.45) is 0.212. The molecule has 1 aromatic carbocycles. The minimum atomic E-state index is -0.648. The molecule has 2 atom stereocenters. The fourth-order valence-electron chi connectivity index (χ4n) is 1.26. The third kappa shape index (κ3) is 3.20. The highest BCUT2D eigenvalue weighted by atomic mass is 19.1. The van der Waals surface area contributed by atoms with Gasteiger partial charge in [0.05, 0.1) is 12.2 Å². The van der Waals surface area contributed by atoms with Crippen molar-refractivity contribution in [3.63, 3.8) is 0 Å². The molecule has 1 N–H and O–H groups in total. The Morgan fingerprint density at radius 2 is 2.07 bits per heavy atom. The summed E-state index contributed by atoms with van der Waals surface area (Å²) >= 11 is 0. The molecule has 0 amide bonds. The number of aliphatic hydroxyl groups excluding tert-OH is 1. The van der Waals surface area contributed by atoms with Gasteiger partial charge in [-0.05, 0) is 32.4 Å². The lowest BCUT2D eigenvalue weighted by Crippen LogP contribution is -2.12. The van der Waals surface area contributed by atoms with Crippen molar-refractivity contribution in [1.29, 1.82) is 0 Å². The molecule has 0 bridgehead atoms. The maximum Gasteiger partial charge on any atom is 0.128 e. The Hall–Kier alpha value is -1.09. The van der Waals surface area contributed by atoms with Crippen LogP contribution in [-0.2, 0) is 0 Å². The summed E-state index contributed by atoms with van der Waals surface area (Å²) < 4.78 is 18.5. The fourth-order valence-corrected chi connectivity index (χ4v) is 1.26. The van der Waals surface area contributed by atoms with Crippen molar-refractivity contribution in [3.05, 3.63) is 29.6 Å². The summed E-state index contributed by atoms with van der Waals surface area (Å²) in [7, 11) is 0. The molecule has 0 saturated heterocycles. The third-order valence-corrected chi connectivity index (χ3v) is 2.33. The standard InChI is InChI=1S/C12H17FO2/c1-4-8(2)15-12-7-10(13)5-6-11(12)9(3)14/h5-9,14H,4H2,1-3H3/t8?,9-/m1/s1. The molecule has 0 heterocycles. The van der Waals surface area contributed by atoms with E-state index in [0.29, 0.717) is 11.3 Å². The van der Waals surface area contributed by atoms with Crippen molar-refractivity contribution in [2.45, 2.75) is 39.4 Å². The van der Waals surface area contributed by atoms with Gasteiger partial charge in [0, 0.05) is 11.6 Å². The smallest absolute Gasteiger partial charge is 0.128 e. The van der Waals surface area contributed by atoms with E-state index in [1.807, 2.05) is 13.8 Å². The maximum atomic E-state index is 13.0. The lowest BCUT2D eigenvalue weighted by atomic mass is 10.1. The quantitative estimate of drug-likeness (QED) is 0.831. The maximum absolute atomic E-state index is 13.0. The van der Waals surface area contributed by atoms with E-state index < -0.39 is 6.10 Å². The molecule has 15 heavy (non-hydrogen) atoms. The second kappa shape index (κ2) is 5.12. The average Bonchev–Trinajstić information content (AvgIpc) is 2.17. The summed E-state index contributed by atoms with van der Waals surface area (Å²) in [6, 6.07) is 4.19. The first-order chi connectivity index (χ1) is 7.04. The van der Waals surface area contributed by atoms with E-state index >= 15 is 0 Å². The topological polar surface area (TPSA) is 29.5 Å². The van der Waals surface area contributed by atoms with E-state index in [2.05, 4.69) is 0 Å². The van der Waals surface area contributed by atoms with Gasteiger partial charge in [-0.2, -0.15) is 0 Å². The molecule has 0 fully saturated rings. The van der Waals surface area contributed by atoms with Crippen molar-refractivity contribution < 1.29 is 14.2 Å². The molecule has 0 aliphatic carbocycles. The predicted octanol–water partition coefficient (Wildman–Crippen LogP) is 3.06. The van der Waals surface area contributed by atoms with Crippen LogP contribution in [0.2, 0.25) is 0 Å². The first-order valence-corrected chi connectivity index (χ1v) is 5.18. The van der Waals surface area contributed by atoms with Gasteiger partial charge in [0.15, 0.2) is 0 Å². The van der Waals surface area contributed by atoms with E-state index in [1.54, 1.807) is 13.0 Å². The summed E-state index contributed by atoms with van der Waals surface area (Å²) in [4.78, 5) is 0. The van der Waals surface area contributed by atoms with Crippen LogP contribution in [0.25, 0.3) is 0 Å². The molecule has 0 aliphatic heterocycles. The molecule has 0 aliphatic rings. The van der Waals surface area contributed by atoms with Gasteiger partial charge < -0.3 is 9.84 Å². The highest BCUT2D eigenvalue weighted by molar-refractivity contribution is 5.35. The highest BCUT2D eigenvalue weighted by Gasteiger charge is 2.12. The minimum Gasteiger partial charge on any atom is -0.490 e. The molecule has 84 valence electrons. The van der Waals surface area contributed by atoms with E-state index in [9.17, 15) is 9.50 Å². The molecule has 0 aromatic heterocycles. The minimum absolute atomic E-state index is 0.0179. The van der Waals surface area contributed by atoms with Gasteiger partial charge in [0.2, 0.25) is 0 Å². The molecule has 1 rings (SSSR count). The van der Waals surface area contributed by atoms with Crippen LogP contribution < -0.4 is 4.74 Å². The summed E-state index contributed by atoms with van der Waals surface area (Å²) in [5, 5.41) is 9.48. The zero-order valence-electron chi connectivity index (χ0n) is 9.33. The molecular formula is C12H17FO2. The Kier molecular flexibility index (Phi) is 4.09. The van der Waals surface area contributed by atoms with Gasteiger partial charge in [-0.25, -0.2) is 4.39 Å². The van der Waals surface area contributed by atoms with Crippen LogP contribution in [0.3, 0.4) is 0 Å². The van der Waals surface area contributed by atoms with Gasteiger partial charge in [-0.15, -0.1) is 0 Å². The molecule has 1 unspecified atom stereocenters. The van der Waals surface area contributed by atoms with Gasteiger partial charge in [0.25, 0.3) is 0 Å². The molecule has 2 nitrogen and oxygen atoms in total. The van der Waals surface area contributed by atoms with Crippen LogP contribution in [0.1, 0.15) is 38.9 Å². The predicted molar refractivity (Wildman–Crippen MR) is 57.4 cm³/mol. The van der Waals surface area contributed by atoms with Crippen LogP contribution in [0.4, 0.5) is 4.39 Å². The second-order valence-corrected chi connectivity index (χ2v) is 3.69. The number of benzene rings is 1. The van der Waals surface area contributed by atoms with Crippen LogP contribution in [0.5, 0.6) is 5.75 Å². The average molecular weight is 212 g/mol. The third-order valence-electron chi connectivity index (χ3n) is 2.33. The fraction of sp³-hybridized carbons (Fsp3) is 0.500. The van der Waals surface area contributed by atoms with E-state index in [-0.39, 0.29) is 11.9 Å². The number of ether oxygens (including phenoxy) is 1. The molecular weight excluding hydrogens is 195 g/mol. The van der Waals surface area contributed by atoms with Crippen molar-refractivity contribution in [2.75, 3.05) is 0 Å². The Labute approximate surface area is 89.7 Å². The number of halogens is 1. The zero-order chi connectivity index (χ0) is 11.4. The van der Waals surface area contributed by atoms with Gasteiger partial charge in [-0.3, -0.25) is 0 Å². The Morgan fingerprint density at radius 3 is 2.60 bits per heavy atom. The van der Waals surface area contributed by atoms with Gasteiger partial charge in [-0.1, -0.05) is 6.92 Å². The van der Waals surface area contributed by atoms with Crippen molar-refractivity contribution in [3.8, 4) is 5.75 Å². The summed E-state index contributed by atoms with van der Waals surface area (Å²) in [5.74, 6) is 0.0806. The number of aliphatic hydroxyl groups is 1. The van der Waals surface area contributed by atoms with E-state index in [4.69, 9.17) is 4.74 Å². The number of hydrogen-bond acceptors (Lipinski definition) is 2. The van der Waals surface area contributed by atoms with Gasteiger partial charge >= 0.3 is 0 Å². The van der Waals surface area contributed by atoms with Gasteiger partial charge in [0.1, 0.15) is 11.6 Å². The Balaban J connectivity index is 2.96. The van der Waals surface area contributed by atoms with E-state index in [1.165, 1.54) is 12.1 Å². The zero-order valence-corrected chi connectivity index (χ0v) is 9.33. The monoisotopic (exact) mass is 212 g/mol. The van der Waals surface area contributed by atoms with E-state index in [0.717, 1.165) is 6.42 Å².